The van der Waals surface area contributed by atoms with E-state index in [0.29, 0.717) is 39.1 Å². The van der Waals surface area contributed by atoms with E-state index in [1.54, 1.807) is 19.0 Å². The summed E-state index contributed by atoms with van der Waals surface area (Å²) < 4.78 is 5.44. The van der Waals surface area contributed by atoms with E-state index in [9.17, 15) is 29.7 Å². The first-order valence-electron chi connectivity index (χ1n) is 12.5. The van der Waals surface area contributed by atoms with E-state index in [0.717, 1.165) is 11.1 Å². The number of benzene rings is 1. The average molecular weight is 514 g/mol. The lowest BCUT2D eigenvalue weighted by molar-refractivity contribution is -0.136. The molecule has 1 aromatic carbocycles. The van der Waals surface area contributed by atoms with Gasteiger partial charge in [-0.25, -0.2) is 0 Å². The maximum absolute atomic E-state index is 13.8. The van der Waals surface area contributed by atoms with Gasteiger partial charge in [-0.05, 0) is 69.9 Å². The Kier molecular flexibility index (Phi) is 7.45. The van der Waals surface area contributed by atoms with Gasteiger partial charge in [0, 0.05) is 25.3 Å². The van der Waals surface area contributed by atoms with E-state index in [2.05, 4.69) is 4.90 Å². The Morgan fingerprint density at radius 3 is 2.46 bits per heavy atom. The van der Waals surface area contributed by atoms with Gasteiger partial charge < -0.3 is 25.8 Å². The molecule has 3 aliphatic carbocycles. The summed E-state index contributed by atoms with van der Waals surface area (Å²) in [6, 6.07) is 2.56. The minimum absolute atomic E-state index is 0.0852. The molecule has 0 aromatic heterocycles. The first-order chi connectivity index (χ1) is 17.5. The molecule has 0 spiro atoms. The molecular weight excluding hydrogens is 478 g/mol. The molecule has 37 heavy (non-hydrogen) atoms. The maximum Gasteiger partial charge on any atom is 0.255 e. The first-order valence-corrected chi connectivity index (χ1v) is 12.5. The number of nitrogens with two attached hydrogens (primary N) is 1. The number of amides is 1. The number of ketones is 2. The number of ether oxygens (including phenoxy) is 1. The van der Waals surface area contributed by atoms with Crippen LogP contribution in [-0.2, 0) is 32.1 Å². The third-order valence-corrected chi connectivity index (χ3v) is 7.81. The zero-order valence-corrected chi connectivity index (χ0v) is 21.7. The van der Waals surface area contributed by atoms with Gasteiger partial charge in [-0.2, -0.15) is 0 Å². The summed E-state index contributed by atoms with van der Waals surface area (Å²) in [5.74, 6) is -5.68. The molecule has 0 aliphatic heterocycles. The van der Waals surface area contributed by atoms with Crippen molar-refractivity contribution in [3.63, 3.8) is 0 Å². The molecule has 5 N–H and O–H groups in total. The van der Waals surface area contributed by atoms with Crippen LogP contribution in [0.4, 0.5) is 0 Å². The van der Waals surface area contributed by atoms with Crippen molar-refractivity contribution in [1.82, 2.24) is 9.80 Å². The summed E-state index contributed by atoms with van der Waals surface area (Å²) in [6.45, 7) is 4.39. The highest BCUT2D eigenvalue weighted by Gasteiger charge is 2.55. The number of phenols is 1. The Labute approximate surface area is 216 Å². The van der Waals surface area contributed by atoms with Gasteiger partial charge in [-0.3, -0.25) is 24.2 Å². The predicted octanol–water partition coefficient (Wildman–Crippen LogP) is 1.32. The zero-order valence-electron chi connectivity index (χ0n) is 21.7. The number of hydrogen-bond donors (Lipinski definition) is 4. The number of hydrogen-bond acceptors (Lipinski definition) is 9. The fraction of sp³-hybridized carbons (Fsp3) is 0.519. The molecule has 1 saturated carbocycles. The molecule has 10 nitrogen and oxygen atoms in total. The molecule has 1 aromatic rings. The van der Waals surface area contributed by atoms with Gasteiger partial charge in [-0.15, -0.1) is 0 Å². The third kappa shape index (κ3) is 4.54. The summed E-state index contributed by atoms with van der Waals surface area (Å²) in [7, 11) is 5.35. The number of likely N-dealkylation sites (N-methyl/N-ethyl adjacent to an activating group) is 2. The average Bonchev–Trinajstić information content (AvgIpc) is 2.80. The summed E-state index contributed by atoms with van der Waals surface area (Å²) in [4.78, 5) is 42.8. The molecule has 10 heteroatoms. The Hall–Kier alpha value is -3.21. The van der Waals surface area contributed by atoms with E-state index in [-0.39, 0.29) is 22.6 Å². The molecule has 1 amide bonds. The van der Waals surface area contributed by atoms with Gasteiger partial charge in [0.25, 0.3) is 5.91 Å². The second-order valence-electron chi connectivity index (χ2n) is 10.3. The number of Topliss-reactive ketones (excluding diaryl/α,β-unsaturated/α-hetero) is 2. The van der Waals surface area contributed by atoms with Crippen molar-refractivity contribution in [3.8, 4) is 5.75 Å². The predicted molar refractivity (Wildman–Crippen MR) is 136 cm³/mol. The normalized spacial score (nSPS) is 25.5. The standard InChI is InChI=1S/C27H35N3O7/c1-5-37-9-8-30(4)12-13-6-7-17(31)19-15(13)10-14-11-16-20(24(33)18(14)23(19)32)25(34)21(27(28)36)26(35)22(16)29(2)3/h6-7,14,16,20,22,31-32,35H,5,8-12H2,1-4H3,(H2,28,36)/t14-,16+,20-,22-/m0/s1. The molecule has 0 bridgehead atoms. The Morgan fingerprint density at radius 1 is 1.14 bits per heavy atom. The number of aromatic hydroxyl groups is 1. The number of carbonyl (C=O) groups is 3. The SMILES string of the molecule is CCOCCN(C)Cc1ccc(O)c2c1C[C@H]1C[C@@H]3[C@H](C(=O)C(C(N)=O)=C(O)[C@H]3N(C)C)C(=O)C1=C2O. The Bertz CT molecular complexity index is 1200. The van der Waals surface area contributed by atoms with Crippen LogP contribution >= 0.6 is 0 Å². The topological polar surface area (TPSA) is 154 Å². The first kappa shape index (κ1) is 26.8. The molecule has 0 radical (unpaired) electrons. The summed E-state index contributed by atoms with van der Waals surface area (Å²) in [6.07, 6.45) is 0.712. The number of aliphatic hydroxyl groups excluding tert-OH is 2. The van der Waals surface area contributed by atoms with Crippen LogP contribution in [0.3, 0.4) is 0 Å². The highest BCUT2D eigenvalue weighted by atomic mass is 16.5. The molecule has 200 valence electrons. The van der Waals surface area contributed by atoms with E-state index < -0.39 is 52.6 Å². The fourth-order valence-electron chi connectivity index (χ4n) is 6.21. The molecule has 0 heterocycles. The van der Waals surface area contributed by atoms with Gasteiger partial charge in [-0.1, -0.05) is 6.07 Å². The number of nitrogens with zero attached hydrogens (tertiary/aromatic N) is 2. The Morgan fingerprint density at radius 2 is 1.84 bits per heavy atom. The van der Waals surface area contributed by atoms with E-state index in [4.69, 9.17) is 10.5 Å². The summed E-state index contributed by atoms with van der Waals surface area (Å²) in [5.41, 5.74) is 6.79. The van der Waals surface area contributed by atoms with Crippen LogP contribution in [0.5, 0.6) is 5.75 Å². The molecule has 3 aliphatic rings. The largest absolute Gasteiger partial charge is 0.510 e. The van der Waals surface area contributed by atoms with Gasteiger partial charge in [0.15, 0.2) is 11.6 Å². The zero-order chi connectivity index (χ0) is 27.2. The molecular formula is C27H35N3O7. The molecule has 0 unspecified atom stereocenters. The van der Waals surface area contributed by atoms with Crippen LogP contribution < -0.4 is 5.73 Å². The number of allylic oxidation sites excluding steroid dienone is 1. The Balaban J connectivity index is 1.77. The van der Waals surface area contributed by atoms with Crippen LogP contribution in [0.1, 0.15) is 30.0 Å². The van der Waals surface area contributed by atoms with Crippen LogP contribution in [-0.4, -0.2) is 89.5 Å². The summed E-state index contributed by atoms with van der Waals surface area (Å²) in [5, 5.41) is 32.8. The van der Waals surface area contributed by atoms with Crippen LogP contribution in [0, 0.1) is 17.8 Å². The highest BCUT2D eigenvalue weighted by molar-refractivity contribution is 6.28. The van der Waals surface area contributed by atoms with Gasteiger partial charge in [0.05, 0.1) is 24.1 Å². The van der Waals surface area contributed by atoms with Gasteiger partial charge >= 0.3 is 0 Å². The van der Waals surface area contributed by atoms with Crippen molar-refractivity contribution in [2.75, 3.05) is 40.9 Å². The van der Waals surface area contributed by atoms with Crippen molar-refractivity contribution < 1.29 is 34.4 Å². The van der Waals surface area contributed by atoms with Crippen LogP contribution in [0.2, 0.25) is 0 Å². The van der Waals surface area contributed by atoms with Gasteiger partial charge in [0.2, 0.25) is 0 Å². The van der Waals surface area contributed by atoms with Crippen molar-refractivity contribution >= 4 is 23.2 Å². The second-order valence-corrected chi connectivity index (χ2v) is 10.3. The second kappa shape index (κ2) is 10.3. The molecule has 1 fully saturated rings. The number of phenolic OH excluding ortho intramolecular Hbond substituents is 1. The van der Waals surface area contributed by atoms with E-state index in [1.165, 1.54) is 6.07 Å². The van der Waals surface area contributed by atoms with Crippen molar-refractivity contribution in [2.45, 2.75) is 32.4 Å². The van der Waals surface area contributed by atoms with Crippen LogP contribution in [0.25, 0.3) is 5.76 Å². The lowest BCUT2D eigenvalue weighted by atomic mass is 9.59. The lowest BCUT2D eigenvalue weighted by Gasteiger charge is -2.46. The van der Waals surface area contributed by atoms with Gasteiger partial charge in [0.1, 0.15) is 22.8 Å². The molecule has 4 atom stereocenters. The van der Waals surface area contributed by atoms with Crippen molar-refractivity contribution in [1.29, 1.82) is 0 Å². The smallest absolute Gasteiger partial charge is 0.255 e. The maximum atomic E-state index is 13.8. The number of primary amides is 1. The van der Waals surface area contributed by atoms with E-state index in [1.807, 2.05) is 20.0 Å². The molecule has 0 saturated heterocycles. The van der Waals surface area contributed by atoms with Crippen LogP contribution in [0.15, 0.2) is 29.0 Å². The highest BCUT2D eigenvalue weighted by Crippen LogP contribution is 2.50. The number of carbonyl (C=O) groups excluding carboxylic acids is 3. The number of fused-ring (bicyclic) bond motifs is 3. The molecule has 4 rings (SSSR count). The lowest BCUT2D eigenvalue weighted by Crippen LogP contribution is -2.55. The minimum Gasteiger partial charge on any atom is -0.510 e. The van der Waals surface area contributed by atoms with Crippen molar-refractivity contribution in [3.05, 3.63) is 45.7 Å². The fourth-order valence-corrected chi connectivity index (χ4v) is 6.21. The minimum atomic E-state index is -1.25. The summed E-state index contributed by atoms with van der Waals surface area (Å²) >= 11 is 0. The van der Waals surface area contributed by atoms with Crippen molar-refractivity contribution in [2.24, 2.45) is 23.5 Å². The quantitative estimate of drug-likeness (QED) is 0.229. The monoisotopic (exact) mass is 513 g/mol. The number of rotatable bonds is 8. The van der Waals surface area contributed by atoms with E-state index >= 15 is 0 Å². The number of aliphatic hydroxyl groups is 2. The third-order valence-electron chi connectivity index (χ3n) is 7.81.